The molecule has 0 saturated carbocycles. The zero-order valence-electron chi connectivity index (χ0n) is 19.8. The molecule has 0 spiro atoms. The Balaban J connectivity index is 1.89. The van der Waals surface area contributed by atoms with Gasteiger partial charge in [-0.1, -0.05) is 19.1 Å². The highest BCUT2D eigenvalue weighted by molar-refractivity contribution is 6.51. The Hall–Kier alpha value is -3.93. The van der Waals surface area contributed by atoms with Crippen molar-refractivity contribution in [3.8, 4) is 5.75 Å². The van der Waals surface area contributed by atoms with E-state index >= 15 is 0 Å². The fourth-order valence-electron chi connectivity index (χ4n) is 4.26. The quantitative estimate of drug-likeness (QED) is 0.304. The predicted octanol–water partition coefficient (Wildman–Crippen LogP) is 5.42. The summed E-state index contributed by atoms with van der Waals surface area (Å²) in [7, 11) is 0. The molecule has 174 valence electrons. The maximum Gasteiger partial charge on any atom is 0.300 e. The van der Waals surface area contributed by atoms with E-state index in [0.717, 1.165) is 28.9 Å². The van der Waals surface area contributed by atoms with Gasteiger partial charge in [-0.05, 0) is 85.8 Å². The highest BCUT2D eigenvalue weighted by Crippen LogP contribution is 2.43. The maximum absolute atomic E-state index is 13.3. The summed E-state index contributed by atoms with van der Waals surface area (Å²) in [6, 6.07) is 13.6. The molecule has 1 saturated heterocycles. The van der Waals surface area contributed by atoms with Gasteiger partial charge in [-0.15, -0.1) is 0 Å². The minimum absolute atomic E-state index is 0.0544. The molecule has 0 radical (unpaired) electrons. The van der Waals surface area contributed by atoms with Gasteiger partial charge >= 0.3 is 0 Å². The number of rotatable bonds is 6. The largest absolute Gasteiger partial charge is 0.507 e. The van der Waals surface area contributed by atoms with Crippen LogP contribution in [0.15, 0.2) is 66.5 Å². The van der Waals surface area contributed by atoms with Crippen LogP contribution in [0.2, 0.25) is 0 Å². The number of aromatic nitrogens is 1. The molecule has 6 heteroatoms. The van der Waals surface area contributed by atoms with Crippen molar-refractivity contribution in [1.29, 1.82) is 0 Å². The third-order valence-corrected chi connectivity index (χ3v) is 6.21. The number of carbonyl (C=O) groups excluding carboxylic acids is 2. The molecule has 1 atom stereocenters. The van der Waals surface area contributed by atoms with Gasteiger partial charge in [0.05, 0.1) is 18.2 Å². The molecule has 34 heavy (non-hydrogen) atoms. The minimum Gasteiger partial charge on any atom is -0.507 e. The van der Waals surface area contributed by atoms with Crippen molar-refractivity contribution in [1.82, 2.24) is 4.98 Å². The Labute approximate surface area is 199 Å². The fourth-order valence-corrected chi connectivity index (χ4v) is 4.26. The standard InChI is InChI=1S/C28H28N2O4/c1-5-15-34-23-10-9-21(16-18(23)3)26(31)24-25(20-11-13-29-14-12-20)30(28(33)27(24)32)22-8-6-7-17(2)19(22)4/h6-14,16,25,31H,5,15H2,1-4H3/b26-24+. The Bertz CT molecular complexity index is 1280. The van der Waals surface area contributed by atoms with Crippen LogP contribution in [0.4, 0.5) is 5.69 Å². The monoisotopic (exact) mass is 456 g/mol. The molecule has 0 bridgehead atoms. The summed E-state index contributed by atoms with van der Waals surface area (Å²) in [5.74, 6) is -0.876. The van der Waals surface area contributed by atoms with Crippen molar-refractivity contribution < 1.29 is 19.4 Å². The first kappa shape index (κ1) is 23.2. The van der Waals surface area contributed by atoms with Gasteiger partial charge in [0.25, 0.3) is 11.7 Å². The fraction of sp³-hybridized carbons (Fsp3) is 0.250. The van der Waals surface area contributed by atoms with E-state index < -0.39 is 17.7 Å². The molecule has 1 amide bonds. The number of carbonyl (C=O) groups is 2. The topological polar surface area (TPSA) is 79.7 Å². The third-order valence-electron chi connectivity index (χ3n) is 6.21. The van der Waals surface area contributed by atoms with Crippen molar-refractivity contribution in [2.24, 2.45) is 0 Å². The van der Waals surface area contributed by atoms with Gasteiger partial charge in [0.1, 0.15) is 11.5 Å². The number of nitrogens with zero attached hydrogens (tertiary/aromatic N) is 2. The molecule has 1 aliphatic heterocycles. The first-order chi connectivity index (χ1) is 16.3. The highest BCUT2D eigenvalue weighted by atomic mass is 16.5. The van der Waals surface area contributed by atoms with E-state index in [0.29, 0.717) is 23.4 Å². The first-order valence-electron chi connectivity index (χ1n) is 11.4. The van der Waals surface area contributed by atoms with Crippen LogP contribution >= 0.6 is 0 Å². The van der Waals surface area contributed by atoms with Crippen LogP contribution in [0.3, 0.4) is 0 Å². The Kier molecular flexibility index (Phi) is 6.50. The number of hydrogen-bond donors (Lipinski definition) is 1. The van der Waals surface area contributed by atoms with E-state index in [-0.39, 0.29) is 11.3 Å². The zero-order valence-corrected chi connectivity index (χ0v) is 19.8. The number of hydrogen-bond acceptors (Lipinski definition) is 5. The van der Waals surface area contributed by atoms with Crippen molar-refractivity contribution in [2.45, 2.75) is 40.2 Å². The number of pyridine rings is 1. The normalized spacial score (nSPS) is 17.3. The number of anilines is 1. The third kappa shape index (κ3) is 4.07. The molecular formula is C28H28N2O4. The smallest absolute Gasteiger partial charge is 0.300 e. The number of aliphatic hydroxyl groups excluding tert-OH is 1. The van der Waals surface area contributed by atoms with Crippen molar-refractivity contribution in [3.05, 3.63) is 94.3 Å². The summed E-state index contributed by atoms with van der Waals surface area (Å²) in [5.41, 5.74) is 4.58. The van der Waals surface area contributed by atoms with Crippen LogP contribution < -0.4 is 9.64 Å². The lowest BCUT2D eigenvalue weighted by Crippen LogP contribution is -2.30. The number of ketones is 1. The number of aryl methyl sites for hydroxylation is 2. The van der Waals surface area contributed by atoms with Crippen molar-refractivity contribution in [3.63, 3.8) is 0 Å². The second kappa shape index (κ2) is 9.51. The maximum atomic E-state index is 13.3. The zero-order chi connectivity index (χ0) is 24.4. The summed E-state index contributed by atoms with van der Waals surface area (Å²) < 4.78 is 5.74. The second-order valence-electron chi connectivity index (χ2n) is 8.50. The van der Waals surface area contributed by atoms with Gasteiger partial charge in [0.15, 0.2) is 0 Å². The summed E-state index contributed by atoms with van der Waals surface area (Å²) in [6.45, 7) is 8.39. The number of ether oxygens (including phenoxy) is 1. The number of amides is 1. The van der Waals surface area contributed by atoms with Crippen molar-refractivity contribution >= 4 is 23.1 Å². The SMILES string of the molecule is CCCOc1ccc(/C(O)=C2\C(=O)C(=O)N(c3cccc(C)c3C)C2c2ccncc2)cc1C. The Morgan fingerprint density at radius 3 is 2.44 bits per heavy atom. The van der Waals surface area contributed by atoms with Crippen LogP contribution in [-0.2, 0) is 9.59 Å². The molecule has 0 aliphatic carbocycles. The number of aliphatic hydroxyl groups is 1. The Morgan fingerprint density at radius 1 is 1.03 bits per heavy atom. The second-order valence-corrected chi connectivity index (χ2v) is 8.50. The molecule has 4 rings (SSSR count). The van der Waals surface area contributed by atoms with Gasteiger partial charge in [-0.2, -0.15) is 0 Å². The Morgan fingerprint density at radius 2 is 1.76 bits per heavy atom. The van der Waals surface area contributed by atoms with Crippen LogP contribution in [0.25, 0.3) is 5.76 Å². The lowest BCUT2D eigenvalue weighted by Gasteiger charge is -2.27. The molecule has 3 aromatic rings. The molecule has 2 heterocycles. The van der Waals surface area contributed by atoms with E-state index in [1.165, 1.54) is 4.90 Å². The molecule has 6 nitrogen and oxygen atoms in total. The van der Waals surface area contributed by atoms with E-state index in [2.05, 4.69) is 4.98 Å². The first-order valence-corrected chi connectivity index (χ1v) is 11.4. The summed E-state index contributed by atoms with van der Waals surface area (Å²) in [6.07, 6.45) is 4.11. The van der Waals surface area contributed by atoms with Crippen LogP contribution in [-0.4, -0.2) is 28.4 Å². The van der Waals surface area contributed by atoms with Crippen LogP contribution in [0.1, 0.15) is 47.2 Å². The van der Waals surface area contributed by atoms with E-state index in [1.807, 2.05) is 45.9 Å². The number of Topliss-reactive ketones (excluding diaryl/α,β-unsaturated/α-hetero) is 1. The molecule has 1 aliphatic rings. The lowest BCUT2D eigenvalue weighted by atomic mass is 9.95. The van der Waals surface area contributed by atoms with Crippen LogP contribution in [0, 0.1) is 20.8 Å². The molecule has 1 unspecified atom stereocenters. The molecule has 1 fully saturated rings. The van der Waals surface area contributed by atoms with Gasteiger partial charge in [-0.25, -0.2) is 0 Å². The van der Waals surface area contributed by atoms with E-state index in [1.54, 1.807) is 42.7 Å². The minimum atomic E-state index is -0.778. The molecule has 1 aromatic heterocycles. The molecule has 2 aromatic carbocycles. The summed E-state index contributed by atoms with van der Waals surface area (Å²) in [4.78, 5) is 32.2. The van der Waals surface area contributed by atoms with Gasteiger partial charge in [0, 0.05) is 23.6 Å². The van der Waals surface area contributed by atoms with Gasteiger partial charge < -0.3 is 9.84 Å². The molecular weight excluding hydrogens is 428 g/mol. The predicted molar refractivity (Wildman–Crippen MR) is 132 cm³/mol. The average molecular weight is 457 g/mol. The van der Waals surface area contributed by atoms with Crippen molar-refractivity contribution in [2.75, 3.05) is 11.5 Å². The van der Waals surface area contributed by atoms with Gasteiger partial charge in [0.2, 0.25) is 0 Å². The number of benzene rings is 2. The summed E-state index contributed by atoms with van der Waals surface area (Å²) >= 11 is 0. The lowest BCUT2D eigenvalue weighted by molar-refractivity contribution is -0.132. The average Bonchev–Trinajstić information content (AvgIpc) is 3.10. The van der Waals surface area contributed by atoms with E-state index in [9.17, 15) is 14.7 Å². The highest BCUT2D eigenvalue weighted by Gasteiger charge is 2.47. The van der Waals surface area contributed by atoms with Crippen LogP contribution in [0.5, 0.6) is 5.75 Å². The van der Waals surface area contributed by atoms with E-state index in [4.69, 9.17) is 4.74 Å². The molecule has 1 N–H and O–H groups in total. The van der Waals surface area contributed by atoms with Gasteiger partial charge in [-0.3, -0.25) is 19.5 Å². The summed E-state index contributed by atoms with van der Waals surface area (Å²) in [5, 5.41) is 11.3.